The van der Waals surface area contributed by atoms with E-state index in [1.807, 2.05) is 47.4 Å². The number of carbonyl (C=O) groups excluding carboxylic acids is 1. The summed E-state index contributed by atoms with van der Waals surface area (Å²) in [5, 5.41) is 3.19. The Balaban J connectivity index is 1.45. The standard InChI is InChI=1S/C24H28N2O5/c1-17(2)24(18-7-8-21-22(13-18)31-12-11-30-21)25-23(27)16-26(14-19-5-3-9-28-19)15-20-6-4-10-29-20/h3-10,13,17,24H,11-12,14-16H2,1-2H3,(H,25,27)/t24-/m1/s1. The normalized spacial score (nSPS) is 14.1. The highest BCUT2D eigenvalue weighted by Gasteiger charge is 2.23. The monoisotopic (exact) mass is 424 g/mol. The Bertz CT molecular complexity index is 930. The number of ether oxygens (including phenoxy) is 2. The number of hydrogen-bond donors (Lipinski definition) is 1. The third kappa shape index (κ3) is 5.49. The van der Waals surface area contributed by atoms with E-state index in [0.29, 0.717) is 26.3 Å². The summed E-state index contributed by atoms with van der Waals surface area (Å²) in [4.78, 5) is 15.0. The predicted octanol–water partition coefficient (Wildman–Crippen LogP) is 4.16. The topological polar surface area (TPSA) is 77.1 Å². The second-order valence-corrected chi connectivity index (χ2v) is 8.00. The largest absolute Gasteiger partial charge is 0.486 e. The summed E-state index contributed by atoms with van der Waals surface area (Å²) in [6.45, 7) is 6.50. The Morgan fingerprint density at radius 2 is 1.61 bits per heavy atom. The zero-order chi connectivity index (χ0) is 21.6. The second-order valence-electron chi connectivity index (χ2n) is 8.00. The zero-order valence-electron chi connectivity index (χ0n) is 17.9. The van der Waals surface area contributed by atoms with Crippen LogP contribution in [0.5, 0.6) is 11.5 Å². The molecular formula is C24H28N2O5. The third-order valence-electron chi connectivity index (χ3n) is 5.19. The van der Waals surface area contributed by atoms with Crippen molar-refractivity contribution in [3.63, 3.8) is 0 Å². The summed E-state index contributed by atoms with van der Waals surface area (Å²) in [6, 6.07) is 13.2. The van der Waals surface area contributed by atoms with E-state index in [4.69, 9.17) is 18.3 Å². The van der Waals surface area contributed by atoms with E-state index in [1.165, 1.54) is 0 Å². The molecule has 1 N–H and O–H groups in total. The first-order valence-corrected chi connectivity index (χ1v) is 10.5. The fraction of sp³-hybridized carbons (Fsp3) is 0.375. The Kier molecular flexibility index (Phi) is 6.62. The number of furan rings is 2. The van der Waals surface area contributed by atoms with Gasteiger partial charge in [-0.3, -0.25) is 9.69 Å². The number of hydrogen-bond acceptors (Lipinski definition) is 6. The summed E-state index contributed by atoms with van der Waals surface area (Å²) in [7, 11) is 0. The van der Waals surface area contributed by atoms with Crippen LogP contribution in [0.3, 0.4) is 0 Å². The van der Waals surface area contributed by atoms with Gasteiger partial charge in [0.05, 0.1) is 38.2 Å². The van der Waals surface area contributed by atoms with E-state index in [1.54, 1.807) is 12.5 Å². The van der Waals surface area contributed by atoms with Gasteiger partial charge >= 0.3 is 0 Å². The summed E-state index contributed by atoms with van der Waals surface area (Å²) in [6.07, 6.45) is 3.27. The molecule has 0 fully saturated rings. The number of nitrogens with zero attached hydrogens (tertiary/aromatic N) is 1. The van der Waals surface area contributed by atoms with Gasteiger partial charge in [-0.2, -0.15) is 0 Å². The molecule has 7 nitrogen and oxygen atoms in total. The quantitative estimate of drug-likeness (QED) is 0.556. The van der Waals surface area contributed by atoms with Gasteiger partial charge in [-0.15, -0.1) is 0 Å². The summed E-state index contributed by atoms with van der Waals surface area (Å²) < 4.78 is 22.3. The first-order valence-electron chi connectivity index (χ1n) is 10.5. The van der Waals surface area contributed by atoms with Crippen molar-refractivity contribution in [3.8, 4) is 11.5 Å². The molecule has 3 aromatic rings. The lowest BCUT2D eigenvalue weighted by Crippen LogP contribution is -2.39. The fourth-order valence-corrected chi connectivity index (χ4v) is 3.72. The highest BCUT2D eigenvalue weighted by atomic mass is 16.6. The molecule has 3 heterocycles. The maximum Gasteiger partial charge on any atom is 0.234 e. The van der Waals surface area contributed by atoms with Crippen molar-refractivity contribution in [2.24, 2.45) is 5.92 Å². The molecule has 0 bridgehead atoms. The van der Waals surface area contributed by atoms with Gasteiger partial charge in [-0.05, 0) is 47.9 Å². The van der Waals surface area contributed by atoms with Crippen molar-refractivity contribution in [1.82, 2.24) is 10.2 Å². The number of nitrogens with one attached hydrogen (secondary N) is 1. The van der Waals surface area contributed by atoms with E-state index in [-0.39, 0.29) is 24.4 Å². The minimum Gasteiger partial charge on any atom is -0.486 e. The lowest BCUT2D eigenvalue weighted by molar-refractivity contribution is -0.123. The van der Waals surface area contributed by atoms with Crippen LogP contribution in [0, 0.1) is 5.92 Å². The Hall–Kier alpha value is -3.19. The van der Waals surface area contributed by atoms with Crippen LogP contribution in [0.25, 0.3) is 0 Å². The van der Waals surface area contributed by atoms with Crippen molar-refractivity contribution < 1.29 is 23.1 Å². The number of rotatable bonds is 9. The molecule has 1 aromatic carbocycles. The maximum atomic E-state index is 13.0. The molecule has 0 radical (unpaired) electrons. The molecule has 0 aliphatic carbocycles. The molecule has 4 rings (SSSR count). The number of benzene rings is 1. The van der Waals surface area contributed by atoms with Crippen LogP contribution in [-0.4, -0.2) is 30.6 Å². The molecule has 1 aliphatic rings. The molecule has 1 aliphatic heterocycles. The smallest absolute Gasteiger partial charge is 0.234 e. The Morgan fingerprint density at radius 1 is 0.968 bits per heavy atom. The van der Waals surface area contributed by atoms with E-state index in [9.17, 15) is 4.79 Å². The fourth-order valence-electron chi connectivity index (χ4n) is 3.72. The number of amides is 1. The minimum atomic E-state index is -0.141. The van der Waals surface area contributed by atoms with Gasteiger partial charge in [0.1, 0.15) is 24.7 Å². The Labute approximate surface area is 181 Å². The van der Waals surface area contributed by atoms with Crippen LogP contribution >= 0.6 is 0 Å². The highest BCUT2D eigenvalue weighted by Crippen LogP contribution is 2.34. The molecule has 0 spiro atoms. The zero-order valence-corrected chi connectivity index (χ0v) is 17.9. The molecule has 164 valence electrons. The SMILES string of the molecule is CC(C)[C@@H](NC(=O)CN(Cc1ccco1)Cc1ccco1)c1ccc2c(c1)OCCO2. The lowest BCUT2D eigenvalue weighted by atomic mass is 9.95. The number of carbonyl (C=O) groups is 1. The number of fused-ring (bicyclic) bond motifs is 1. The van der Waals surface area contributed by atoms with Gasteiger partial charge in [0, 0.05) is 0 Å². The van der Waals surface area contributed by atoms with Gasteiger partial charge in [-0.25, -0.2) is 0 Å². The van der Waals surface area contributed by atoms with Crippen LogP contribution in [0.2, 0.25) is 0 Å². The van der Waals surface area contributed by atoms with E-state index >= 15 is 0 Å². The Morgan fingerprint density at radius 3 is 2.19 bits per heavy atom. The van der Waals surface area contributed by atoms with Crippen molar-refractivity contribution in [3.05, 3.63) is 72.1 Å². The van der Waals surface area contributed by atoms with Crippen molar-refractivity contribution in [1.29, 1.82) is 0 Å². The molecule has 7 heteroatoms. The summed E-state index contributed by atoms with van der Waals surface area (Å²) in [5.41, 5.74) is 0.996. The highest BCUT2D eigenvalue weighted by molar-refractivity contribution is 5.78. The van der Waals surface area contributed by atoms with E-state index in [0.717, 1.165) is 28.6 Å². The minimum absolute atomic E-state index is 0.0632. The molecule has 0 saturated heterocycles. The van der Waals surface area contributed by atoms with Gasteiger partial charge in [0.25, 0.3) is 0 Å². The predicted molar refractivity (Wildman–Crippen MR) is 115 cm³/mol. The van der Waals surface area contributed by atoms with E-state index in [2.05, 4.69) is 19.2 Å². The average Bonchev–Trinajstić information content (AvgIpc) is 3.46. The van der Waals surface area contributed by atoms with Crippen molar-refractivity contribution >= 4 is 5.91 Å². The van der Waals surface area contributed by atoms with Gasteiger partial charge < -0.3 is 23.6 Å². The van der Waals surface area contributed by atoms with E-state index < -0.39 is 0 Å². The second kappa shape index (κ2) is 9.75. The van der Waals surface area contributed by atoms with Crippen LogP contribution in [0.15, 0.2) is 63.8 Å². The van der Waals surface area contributed by atoms with Crippen molar-refractivity contribution in [2.75, 3.05) is 19.8 Å². The average molecular weight is 424 g/mol. The lowest BCUT2D eigenvalue weighted by Gasteiger charge is -2.27. The van der Waals surface area contributed by atoms with Crippen LogP contribution in [0.4, 0.5) is 0 Å². The van der Waals surface area contributed by atoms with Crippen LogP contribution in [0.1, 0.15) is 37.0 Å². The molecule has 1 atom stereocenters. The van der Waals surface area contributed by atoms with Gasteiger partial charge in [0.2, 0.25) is 5.91 Å². The summed E-state index contributed by atoms with van der Waals surface area (Å²) in [5.74, 6) is 3.20. The van der Waals surface area contributed by atoms with Gasteiger partial charge in [0.15, 0.2) is 11.5 Å². The maximum absolute atomic E-state index is 13.0. The molecule has 1 amide bonds. The third-order valence-corrected chi connectivity index (χ3v) is 5.19. The van der Waals surface area contributed by atoms with Crippen LogP contribution < -0.4 is 14.8 Å². The van der Waals surface area contributed by atoms with Crippen molar-refractivity contribution in [2.45, 2.75) is 33.0 Å². The summed E-state index contributed by atoms with van der Waals surface area (Å²) >= 11 is 0. The molecule has 0 unspecified atom stereocenters. The first kappa shape index (κ1) is 21.1. The molecular weight excluding hydrogens is 396 g/mol. The molecule has 0 saturated carbocycles. The molecule has 2 aromatic heterocycles. The van der Waals surface area contributed by atoms with Gasteiger partial charge in [-0.1, -0.05) is 19.9 Å². The van der Waals surface area contributed by atoms with Crippen LogP contribution in [-0.2, 0) is 17.9 Å². The molecule has 31 heavy (non-hydrogen) atoms. The first-order chi connectivity index (χ1) is 15.1.